The smallest absolute Gasteiger partial charge is 0.324 e. The van der Waals surface area contributed by atoms with E-state index in [1.165, 1.54) is 0 Å². The van der Waals surface area contributed by atoms with Crippen LogP contribution >= 0.6 is 20.6 Å². The van der Waals surface area contributed by atoms with Crippen molar-refractivity contribution in [1.29, 1.82) is 0 Å². The lowest BCUT2D eigenvalue weighted by Gasteiger charge is -2.45. The Kier molecular flexibility index (Phi) is 6.70. The van der Waals surface area contributed by atoms with E-state index in [4.69, 9.17) is 8.20 Å². The van der Waals surface area contributed by atoms with Crippen LogP contribution < -0.4 is 0 Å². The minimum Gasteiger partial charge on any atom is -0.324 e. The van der Waals surface area contributed by atoms with Crippen LogP contribution in [0.2, 0.25) is 0 Å². The van der Waals surface area contributed by atoms with Crippen LogP contribution in [0.5, 0.6) is 0 Å². The van der Waals surface area contributed by atoms with Gasteiger partial charge in [0.25, 0.3) is 0 Å². The first kappa shape index (κ1) is 23.9. The molecule has 0 atom stereocenters. The van der Waals surface area contributed by atoms with Crippen LogP contribution in [-0.4, -0.2) is 17.9 Å². The van der Waals surface area contributed by atoms with Gasteiger partial charge < -0.3 is 8.20 Å². The zero-order valence-corrected chi connectivity index (χ0v) is 21.8. The van der Waals surface area contributed by atoms with Crippen LogP contribution in [0.15, 0.2) is 141 Å². The first-order valence-electron chi connectivity index (χ1n) is 12.6. The fourth-order valence-corrected chi connectivity index (χ4v) is 12.3. The highest BCUT2D eigenvalue weighted by Gasteiger charge is 2.52. The summed E-state index contributed by atoms with van der Waals surface area (Å²) in [7, 11) is -6.02. The van der Waals surface area contributed by atoms with E-state index in [2.05, 4.69) is 48.5 Å². The maximum Gasteiger partial charge on any atom is 0.702 e. The lowest BCUT2D eigenvalue weighted by molar-refractivity contribution is 0.398. The molecule has 0 heterocycles. The van der Waals surface area contributed by atoms with Crippen LogP contribution in [0.25, 0.3) is 0 Å². The highest BCUT2D eigenvalue weighted by molar-refractivity contribution is 8.32. The quantitative estimate of drug-likeness (QED) is 0.196. The minimum atomic E-state index is -2.09. The Morgan fingerprint density at radius 1 is 0.472 bits per heavy atom. The Morgan fingerprint density at radius 3 is 0.944 bits per heavy atom. The number of benzene rings is 4. The van der Waals surface area contributed by atoms with Crippen LogP contribution in [0.1, 0.15) is 25.7 Å². The lowest BCUT2D eigenvalue weighted by atomic mass is 10.3. The van der Waals surface area contributed by atoms with E-state index in [9.17, 15) is 0 Å². The van der Waals surface area contributed by atoms with Crippen molar-refractivity contribution in [2.24, 2.45) is 0 Å². The molecule has 0 bridgehead atoms. The van der Waals surface area contributed by atoms with Crippen molar-refractivity contribution in [3.05, 3.63) is 121 Å². The number of hydrogen-bond acceptors (Lipinski definition) is 2. The maximum atomic E-state index is 16.5. The molecule has 0 unspecified atom stereocenters. The van der Waals surface area contributed by atoms with Crippen molar-refractivity contribution in [3.8, 4) is 0 Å². The molecule has 0 spiro atoms. The fraction of sp³-hybridized carbons (Fsp3) is 0.200. The molecule has 0 amide bonds. The van der Waals surface area contributed by atoms with Crippen molar-refractivity contribution in [3.63, 3.8) is 0 Å². The van der Waals surface area contributed by atoms with Gasteiger partial charge in [0, 0.05) is 30.1 Å². The predicted octanol–water partition coefficient (Wildman–Crippen LogP) is 8.97. The summed E-state index contributed by atoms with van der Waals surface area (Å²) in [5.41, 5.74) is 0. The Morgan fingerprint density at radius 2 is 0.722 bits per heavy atom. The van der Waals surface area contributed by atoms with Gasteiger partial charge in [-0.05, 0) is 74.2 Å². The highest BCUT2D eigenvalue weighted by Crippen LogP contribution is 2.76. The molecule has 0 aliphatic heterocycles. The van der Waals surface area contributed by atoms with Gasteiger partial charge in [0.2, 0.25) is 0 Å². The van der Waals surface area contributed by atoms with Gasteiger partial charge in [0.05, 0.1) is 0 Å². The van der Waals surface area contributed by atoms with Gasteiger partial charge in [-0.2, -0.15) is 0 Å². The first-order valence-corrected chi connectivity index (χ1v) is 15.8. The summed E-state index contributed by atoms with van der Waals surface area (Å²) in [4.78, 5) is 4.21. The Labute approximate surface area is 217 Å². The molecular formula is C30H30BFO2S2. The molecule has 6 rings (SSSR count). The molecule has 184 valence electrons. The van der Waals surface area contributed by atoms with Gasteiger partial charge in [0.15, 0.2) is 0 Å². The Hall–Kier alpha value is -2.51. The number of hydrogen-bond donors (Lipinski definition) is 0. The summed E-state index contributed by atoms with van der Waals surface area (Å²) in [6.45, 7) is 0. The second kappa shape index (κ2) is 10.1. The average Bonchev–Trinajstić information content (AvgIpc) is 3.86. The average molecular weight is 517 g/mol. The van der Waals surface area contributed by atoms with Crippen LogP contribution in [0, 0.1) is 0 Å². The second-order valence-electron chi connectivity index (χ2n) is 9.32. The number of halogens is 1. The zero-order valence-electron chi connectivity index (χ0n) is 20.1. The van der Waals surface area contributed by atoms with Gasteiger partial charge >= 0.3 is 7.40 Å². The predicted molar refractivity (Wildman–Crippen MR) is 149 cm³/mol. The Balaban J connectivity index is 1.43. The molecule has 0 saturated heterocycles. The fourth-order valence-electron chi connectivity index (χ4n) is 4.97. The molecule has 6 heteroatoms. The molecule has 4 aromatic rings. The van der Waals surface area contributed by atoms with Crippen molar-refractivity contribution in [1.82, 2.24) is 0 Å². The van der Waals surface area contributed by atoms with Gasteiger partial charge in [0.1, 0.15) is 0 Å². The summed E-state index contributed by atoms with van der Waals surface area (Å²) in [5.74, 6) is 0. The lowest BCUT2D eigenvalue weighted by Crippen LogP contribution is -2.27. The molecular weight excluding hydrogens is 486 g/mol. The van der Waals surface area contributed by atoms with E-state index in [1.807, 2.05) is 72.8 Å². The second-order valence-corrected chi connectivity index (χ2v) is 15.3. The van der Waals surface area contributed by atoms with Crippen LogP contribution in [-0.2, 0) is 8.20 Å². The van der Waals surface area contributed by atoms with Gasteiger partial charge in [-0.3, -0.25) is 4.32 Å². The van der Waals surface area contributed by atoms with Crippen molar-refractivity contribution >= 4 is 28.0 Å². The normalized spacial score (nSPS) is 16.9. The third-order valence-electron chi connectivity index (χ3n) is 6.82. The maximum absolute atomic E-state index is 16.5. The minimum absolute atomic E-state index is 0.280. The summed E-state index contributed by atoms with van der Waals surface area (Å²) in [5, 5.41) is 0.561. The van der Waals surface area contributed by atoms with Crippen molar-refractivity contribution in [2.45, 2.75) is 55.8 Å². The summed E-state index contributed by atoms with van der Waals surface area (Å²) < 4.78 is 29.8. The van der Waals surface area contributed by atoms with Gasteiger partial charge in [-0.25, -0.2) is 0 Å². The van der Waals surface area contributed by atoms with E-state index in [-0.39, 0.29) is 10.5 Å². The van der Waals surface area contributed by atoms with E-state index in [1.54, 1.807) is 0 Å². The monoisotopic (exact) mass is 516 g/mol. The highest BCUT2D eigenvalue weighted by atomic mass is 32.3. The number of rotatable bonds is 10. The molecule has 2 nitrogen and oxygen atoms in total. The topological polar surface area (TPSA) is 18.5 Å². The van der Waals surface area contributed by atoms with Gasteiger partial charge in [-0.1, -0.05) is 93.4 Å². The van der Waals surface area contributed by atoms with E-state index < -0.39 is 28.0 Å². The standard InChI is InChI=1S/C30H30BFO2S2/c32-31(33-35(29-21-22-29,25-13-5-1-6-14-25)26-15-7-2-8-16-26)34-36(30-23-24-30,27-17-9-3-10-18-27)28-19-11-4-12-20-28/h1-20,29-30H,21-24H2. The molecule has 2 fully saturated rings. The van der Waals surface area contributed by atoms with Crippen LogP contribution in [0.3, 0.4) is 0 Å². The summed E-state index contributed by atoms with van der Waals surface area (Å²) >= 11 is 0. The summed E-state index contributed by atoms with van der Waals surface area (Å²) in [6.07, 6.45) is 4.13. The molecule has 36 heavy (non-hydrogen) atoms. The molecule has 0 aromatic heterocycles. The molecule has 0 N–H and O–H groups in total. The van der Waals surface area contributed by atoms with E-state index in [0.29, 0.717) is 0 Å². The largest absolute Gasteiger partial charge is 0.702 e. The van der Waals surface area contributed by atoms with Crippen LogP contribution in [0.4, 0.5) is 4.32 Å². The molecule has 2 saturated carbocycles. The SMILES string of the molecule is FB(OS(c1ccccc1)(c1ccccc1)C1CC1)OS(c1ccccc1)(c1ccccc1)C1CC1. The van der Waals surface area contributed by atoms with Crippen molar-refractivity contribution < 1.29 is 12.5 Å². The van der Waals surface area contributed by atoms with E-state index in [0.717, 1.165) is 45.3 Å². The van der Waals surface area contributed by atoms with E-state index >= 15 is 4.32 Å². The van der Waals surface area contributed by atoms with Crippen molar-refractivity contribution in [2.75, 3.05) is 0 Å². The first-order chi connectivity index (χ1) is 17.7. The molecule has 2 aliphatic carbocycles. The third-order valence-corrected chi connectivity index (χ3v) is 14.4. The Bertz CT molecular complexity index is 1090. The third kappa shape index (κ3) is 4.41. The zero-order chi connectivity index (χ0) is 24.4. The molecule has 4 aromatic carbocycles. The van der Waals surface area contributed by atoms with Gasteiger partial charge in [-0.15, -0.1) is 0 Å². The molecule has 2 aliphatic rings. The summed E-state index contributed by atoms with van der Waals surface area (Å²) in [6, 6.07) is 40.9. The molecule has 0 radical (unpaired) electrons.